The summed E-state index contributed by atoms with van der Waals surface area (Å²) in [4.78, 5) is 0. The summed E-state index contributed by atoms with van der Waals surface area (Å²) in [6.45, 7) is 6.82. The summed E-state index contributed by atoms with van der Waals surface area (Å²) in [7, 11) is 1.68. The minimum Gasteiger partial charge on any atom is -0.497 e. The number of hydrogen-bond donors (Lipinski definition) is 1. The smallest absolute Gasteiger partial charge is 0.162 e. The Morgan fingerprint density at radius 3 is 2.38 bits per heavy atom. The standard InChI is InChI=1S/C21H28ClNO3/c1-4-12-26-21-14-19(22)17(13-20(21)25-5-2)15-23-11-10-16-6-8-18(24-3)9-7-16/h6-9,13-14,23H,4-5,10-12,15H2,1-3H3. The van der Waals surface area contributed by atoms with Crippen LogP contribution in [0.15, 0.2) is 36.4 Å². The van der Waals surface area contributed by atoms with Gasteiger partial charge in [-0.15, -0.1) is 0 Å². The van der Waals surface area contributed by atoms with Crippen LogP contribution in [0.4, 0.5) is 0 Å². The topological polar surface area (TPSA) is 39.7 Å². The van der Waals surface area contributed by atoms with Crippen molar-refractivity contribution >= 4 is 11.6 Å². The monoisotopic (exact) mass is 377 g/mol. The van der Waals surface area contributed by atoms with E-state index in [1.807, 2.05) is 31.2 Å². The van der Waals surface area contributed by atoms with Gasteiger partial charge in [-0.2, -0.15) is 0 Å². The number of methoxy groups -OCH3 is 1. The van der Waals surface area contributed by atoms with E-state index in [1.54, 1.807) is 7.11 Å². The van der Waals surface area contributed by atoms with Crippen molar-refractivity contribution in [2.24, 2.45) is 0 Å². The molecule has 5 heteroatoms. The molecule has 0 heterocycles. The minimum absolute atomic E-state index is 0.592. The first-order valence-corrected chi connectivity index (χ1v) is 9.47. The van der Waals surface area contributed by atoms with Crippen LogP contribution in [-0.2, 0) is 13.0 Å². The van der Waals surface area contributed by atoms with E-state index in [-0.39, 0.29) is 0 Å². The minimum atomic E-state index is 0.592. The van der Waals surface area contributed by atoms with Gasteiger partial charge in [0.1, 0.15) is 5.75 Å². The average Bonchev–Trinajstić information content (AvgIpc) is 2.66. The summed E-state index contributed by atoms with van der Waals surface area (Å²) in [6.07, 6.45) is 1.88. The van der Waals surface area contributed by atoms with Gasteiger partial charge in [0.15, 0.2) is 11.5 Å². The molecule has 0 aromatic heterocycles. The van der Waals surface area contributed by atoms with Gasteiger partial charge in [-0.05, 0) is 55.6 Å². The maximum Gasteiger partial charge on any atom is 0.162 e. The van der Waals surface area contributed by atoms with Crippen molar-refractivity contribution in [2.75, 3.05) is 26.9 Å². The lowest BCUT2D eigenvalue weighted by atomic mass is 10.1. The third-order valence-electron chi connectivity index (χ3n) is 3.94. The van der Waals surface area contributed by atoms with Crippen molar-refractivity contribution in [1.82, 2.24) is 5.32 Å². The molecule has 0 amide bonds. The fourth-order valence-electron chi connectivity index (χ4n) is 2.55. The fourth-order valence-corrected chi connectivity index (χ4v) is 2.77. The molecule has 0 aliphatic heterocycles. The molecule has 0 aliphatic carbocycles. The van der Waals surface area contributed by atoms with Gasteiger partial charge in [0, 0.05) is 17.6 Å². The molecule has 4 nitrogen and oxygen atoms in total. The van der Waals surface area contributed by atoms with Crippen molar-refractivity contribution in [3.8, 4) is 17.2 Å². The second kappa shape index (κ2) is 10.9. The van der Waals surface area contributed by atoms with E-state index < -0.39 is 0 Å². The van der Waals surface area contributed by atoms with Gasteiger partial charge < -0.3 is 19.5 Å². The van der Waals surface area contributed by atoms with Crippen molar-refractivity contribution in [2.45, 2.75) is 33.2 Å². The summed E-state index contributed by atoms with van der Waals surface area (Å²) >= 11 is 6.42. The van der Waals surface area contributed by atoms with Gasteiger partial charge in [-0.1, -0.05) is 30.7 Å². The van der Waals surface area contributed by atoms with Gasteiger partial charge >= 0.3 is 0 Å². The van der Waals surface area contributed by atoms with Crippen LogP contribution < -0.4 is 19.5 Å². The molecule has 0 saturated heterocycles. The predicted octanol–water partition coefficient (Wildman–Crippen LogP) is 4.87. The zero-order valence-electron chi connectivity index (χ0n) is 15.8. The van der Waals surface area contributed by atoms with Gasteiger partial charge in [0.2, 0.25) is 0 Å². The van der Waals surface area contributed by atoms with Crippen LogP contribution in [0.25, 0.3) is 0 Å². The highest BCUT2D eigenvalue weighted by molar-refractivity contribution is 6.31. The summed E-state index contributed by atoms with van der Waals surface area (Å²) in [5.41, 5.74) is 2.27. The van der Waals surface area contributed by atoms with E-state index in [0.717, 1.165) is 36.4 Å². The predicted molar refractivity (Wildman–Crippen MR) is 107 cm³/mol. The third-order valence-corrected chi connectivity index (χ3v) is 4.29. The first kappa shape index (κ1) is 20.4. The number of ether oxygens (including phenoxy) is 3. The van der Waals surface area contributed by atoms with Gasteiger partial charge in [-0.3, -0.25) is 0 Å². The normalized spacial score (nSPS) is 10.6. The Hall–Kier alpha value is -1.91. The largest absolute Gasteiger partial charge is 0.497 e. The van der Waals surface area contributed by atoms with Crippen molar-refractivity contribution in [1.29, 1.82) is 0 Å². The van der Waals surface area contributed by atoms with Crippen LogP contribution in [0.5, 0.6) is 17.2 Å². The molecule has 0 aliphatic rings. The summed E-state index contributed by atoms with van der Waals surface area (Å²) in [5, 5.41) is 4.13. The Kier molecular flexibility index (Phi) is 8.59. The Bertz CT molecular complexity index is 674. The average molecular weight is 378 g/mol. The van der Waals surface area contributed by atoms with Crippen molar-refractivity contribution in [3.63, 3.8) is 0 Å². The molecule has 0 atom stereocenters. The maximum atomic E-state index is 6.42. The molecule has 142 valence electrons. The van der Waals surface area contributed by atoms with Crippen molar-refractivity contribution < 1.29 is 14.2 Å². The van der Waals surface area contributed by atoms with Crippen molar-refractivity contribution in [3.05, 3.63) is 52.5 Å². The molecule has 0 spiro atoms. The van der Waals surface area contributed by atoms with E-state index in [0.29, 0.717) is 30.5 Å². The first-order chi connectivity index (χ1) is 12.7. The quantitative estimate of drug-likeness (QED) is 0.567. The van der Waals surface area contributed by atoms with Crippen LogP contribution in [0.3, 0.4) is 0 Å². The molecule has 1 N–H and O–H groups in total. The van der Waals surface area contributed by atoms with Gasteiger partial charge in [0.05, 0.1) is 20.3 Å². The van der Waals surface area contributed by atoms with E-state index in [2.05, 4.69) is 24.4 Å². The fraction of sp³-hybridized carbons (Fsp3) is 0.429. The molecule has 0 radical (unpaired) electrons. The second-order valence-corrected chi connectivity index (χ2v) is 6.35. The van der Waals surface area contributed by atoms with Crippen LogP contribution in [-0.4, -0.2) is 26.9 Å². The van der Waals surface area contributed by atoms with Crippen LogP contribution in [0, 0.1) is 0 Å². The van der Waals surface area contributed by atoms with E-state index in [4.69, 9.17) is 25.8 Å². The molecule has 0 bridgehead atoms. The molecule has 0 saturated carbocycles. The highest BCUT2D eigenvalue weighted by atomic mass is 35.5. The zero-order chi connectivity index (χ0) is 18.8. The maximum absolute atomic E-state index is 6.42. The highest BCUT2D eigenvalue weighted by Gasteiger charge is 2.11. The van der Waals surface area contributed by atoms with Gasteiger partial charge in [0.25, 0.3) is 0 Å². The Labute approximate surface area is 161 Å². The molecule has 2 aromatic rings. The summed E-state index contributed by atoms with van der Waals surface area (Å²) in [5.74, 6) is 2.33. The number of hydrogen-bond acceptors (Lipinski definition) is 4. The Morgan fingerprint density at radius 1 is 1.00 bits per heavy atom. The zero-order valence-corrected chi connectivity index (χ0v) is 16.6. The SMILES string of the molecule is CCCOc1cc(Cl)c(CNCCc2ccc(OC)cc2)cc1OCC. The number of halogens is 1. The van der Waals surface area contributed by atoms with Crippen LogP contribution >= 0.6 is 11.6 Å². The number of benzene rings is 2. The Morgan fingerprint density at radius 2 is 1.73 bits per heavy atom. The summed E-state index contributed by atoms with van der Waals surface area (Å²) in [6, 6.07) is 12.0. The van der Waals surface area contributed by atoms with Crippen LogP contribution in [0.2, 0.25) is 5.02 Å². The molecule has 0 unspecified atom stereocenters. The van der Waals surface area contributed by atoms with Crippen LogP contribution in [0.1, 0.15) is 31.4 Å². The first-order valence-electron chi connectivity index (χ1n) is 9.09. The number of nitrogens with one attached hydrogen (secondary N) is 1. The molecule has 2 rings (SSSR count). The molecular formula is C21H28ClNO3. The lowest BCUT2D eigenvalue weighted by Gasteiger charge is -2.15. The number of rotatable bonds is 11. The molecule has 26 heavy (non-hydrogen) atoms. The third kappa shape index (κ3) is 6.11. The Balaban J connectivity index is 1.92. The molecular weight excluding hydrogens is 350 g/mol. The van der Waals surface area contributed by atoms with E-state index in [9.17, 15) is 0 Å². The van der Waals surface area contributed by atoms with Gasteiger partial charge in [-0.25, -0.2) is 0 Å². The lowest BCUT2D eigenvalue weighted by Crippen LogP contribution is -2.17. The summed E-state index contributed by atoms with van der Waals surface area (Å²) < 4.78 is 16.6. The van der Waals surface area contributed by atoms with E-state index in [1.165, 1.54) is 5.56 Å². The lowest BCUT2D eigenvalue weighted by molar-refractivity contribution is 0.276. The molecule has 2 aromatic carbocycles. The second-order valence-electron chi connectivity index (χ2n) is 5.95. The highest BCUT2D eigenvalue weighted by Crippen LogP contribution is 2.33. The molecule has 0 fully saturated rings. The van der Waals surface area contributed by atoms with E-state index >= 15 is 0 Å².